The van der Waals surface area contributed by atoms with Crippen molar-refractivity contribution in [2.75, 3.05) is 13.7 Å². The largest absolute Gasteiger partial charge is 0.394 e. The Morgan fingerprint density at radius 3 is 3.11 bits per heavy atom. The third-order valence-electron chi connectivity index (χ3n) is 2.79. The lowest BCUT2D eigenvalue weighted by Crippen LogP contribution is -2.43. The minimum absolute atomic E-state index is 0.276. The number of carbonyl (C=O) groups is 1. The van der Waals surface area contributed by atoms with Gasteiger partial charge >= 0.3 is 0 Å². The molecule has 0 aliphatic heterocycles. The van der Waals surface area contributed by atoms with Gasteiger partial charge in [-0.15, -0.1) is 0 Å². The molecule has 1 amide bonds. The Labute approximate surface area is 104 Å². The summed E-state index contributed by atoms with van der Waals surface area (Å²) >= 11 is 0. The number of benzene rings is 1. The van der Waals surface area contributed by atoms with Crippen molar-refractivity contribution in [2.24, 2.45) is 5.73 Å². The molecule has 0 aliphatic rings. The number of amides is 1. The van der Waals surface area contributed by atoms with E-state index in [2.05, 4.69) is 9.97 Å². The number of rotatable bonds is 4. The third kappa shape index (κ3) is 2.49. The standard InChI is InChI=1S/C12H16N4O2/c1-16(12(18)9(13)6-17)5-8-2-3-10-11(4-8)15-7-14-10/h2-4,7,9,17H,5-6,13H2,1H3,(H,14,15). The summed E-state index contributed by atoms with van der Waals surface area (Å²) in [5, 5.41) is 8.85. The summed E-state index contributed by atoms with van der Waals surface area (Å²) in [7, 11) is 1.66. The van der Waals surface area contributed by atoms with E-state index < -0.39 is 6.04 Å². The highest BCUT2D eigenvalue weighted by atomic mass is 16.3. The van der Waals surface area contributed by atoms with Crippen molar-refractivity contribution in [3.8, 4) is 0 Å². The van der Waals surface area contributed by atoms with Gasteiger partial charge < -0.3 is 20.7 Å². The molecule has 0 radical (unpaired) electrons. The molecular formula is C12H16N4O2. The fourth-order valence-corrected chi connectivity index (χ4v) is 1.79. The first kappa shape index (κ1) is 12.5. The highest BCUT2D eigenvalue weighted by molar-refractivity contribution is 5.81. The van der Waals surface area contributed by atoms with Crippen LogP contribution in [0.1, 0.15) is 5.56 Å². The van der Waals surface area contributed by atoms with E-state index in [1.54, 1.807) is 13.4 Å². The first-order chi connectivity index (χ1) is 8.61. The maximum atomic E-state index is 11.7. The number of hydrogen-bond acceptors (Lipinski definition) is 4. The molecule has 0 aliphatic carbocycles. The molecule has 2 rings (SSSR count). The van der Waals surface area contributed by atoms with Crippen molar-refractivity contribution in [3.05, 3.63) is 30.1 Å². The van der Waals surface area contributed by atoms with Gasteiger partial charge in [-0.2, -0.15) is 0 Å². The van der Waals surface area contributed by atoms with Gasteiger partial charge in [-0.3, -0.25) is 4.79 Å². The Bertz CT molecular complexity index is 552. The van der Waals surface area contributed by atoms with Crippen LogP contribution in [-0.4, -0.2) is 45.6 Å². The second-order valence-electron chi connectivity index (χ2n) is 4.24. The normalized spacial score (nSPS) is 12.6. The number of aromatic nitrogens is 2. The van der Waals surface area contributed by atoms with E-state index in [1.165, 1.54) is 4.90 Å². The second-order valence-corrected chi connectivity index (χ2v) is 4.24. The number of carbonyl (C=O) groups excluding carboxylic acids is 1. The number of nitrogens with two attached hydrogens (primary N) is 1. The van der Waals surface area contributed by atoms with Crippen molar-refractivity contribution in [3.63, 3.8) is 0 Å². The van der Waals surface area contributed by atoms with Crippen molar-refractivity contribution in [1.82, 2.24) is 14.9 Å². The molecule has 4 N–H and O–H groups in total. The summed E-state index contributed by atoms with van der Waals surface area (Å²) in [5.41, 5.74) is 8.29. The first-order valence-corrected chi connectivity index (χ1v) is 5.65. The molecule has 0 spiro atoms. The molecule has 0 bridgehead atoms. The molecule has 0 saturated carbocycles. The number of likely N-dealkylation sites (N-methyl/N-ethyl adjacent to an activating group) is 1. The summed E-state index contributed by atoms with van der Waals surface area (Å²) in [6, 6.07) is 4.89. The molecule has 1 heterocycles. The van der Waals surface area contributed by atoms with Crippen LogP contribution in [0.25, 0.3) is 11.0 Å². The lowest BCUT2D eigenvalue weighted by atomic mass is 10.2. The maximum absolute atomic E-state index is 11.7. The summed E-state index contributed by atoms with van der Waals surface area (Å²) < 4.78 is 0. The van der Waals surface area contributed by atoms with Gasteiger partial charge in [0.15, 0.2) is 0 Å². The molecule has 1 atom stereocenters. The second kappa shape index (κ2) is 5.16. The average Bonchev–Trinajstić information content (AvgIpc) is 2.84. The monoisotopic (exact) mass is 248 g/mol. The van der Waals surface area contributed by atoms with E-state index in [0.717, 1.165) is 16.6 Å². The van der Waals surface area contributed by atoms with Gasteiger partial charge in [0, 0.05) is 13.6 Å². The molecule has 0 saturated heterocycles. The fraction of sp³-hybridized carbons (Fsp3) is 0.333. The van der Waals surface area contributed by atoms with Gasteiger partial charge in [-0.1, -0.05) is 6.07 Å². The molecule has 6 heteroatoms. The lowest BCUT2D eigenvalue weighted by molar-refractivity contribution is -0.132. The zero-order valence-corrected chi connectivity index (χ0v) is 10.1. The molecule has 0 fully saturated rings. The SMILES string of the molecule is CN(Cc1ccc2nc[nH]c2c1)C(=O)C(N)CO. The van der Waals surface area contributed by atoms with Gasteiger partial charge in [0.05, 0.1) is 24.0 Å². The first-order valence-electron chi connectivity index (χ1n) is 5.65. The fourth-order valence-electron chi connectivity index (χ4n) is 1.79. The van der Waals surface area contributed by atoms with Gasteiger partial charge in [0.1, 0.15) is 6.04 Å². The van der Waals surface area contributed by atoms with Crippen LogP contribution < -0.4 is 5.73 Å². The van der Waals surface area contributed by atoms with Gasteiger partial charge in [0.2, 0.25) is 5.91 Å². The van der Waals surface area contributed by atoms with Crippen LogP contribution in [0.2, 0.25) is 0 Å². The number of nitrogens with zero attached hydrogens (tertiary/aromatic N) is 2. The van der Waals surface area contributed by atoms with E-state index in [9.17, 15) is 4.79 Å². The molecule has 96 valence electrons. The summed E-state index contributed by atoms with van der Waals surface area (Å²) in [6.07, 6.45) is 1.63. The summed E-state index contributed by atoms with van der Waals surface area (Å²) in [4.78, 5) is 20.4. The highest BCUT2D eigenvalue weighted by Gasteiger charge is 2.17. The quantitative estimate of drug-likeness (QED) is 0.700. The van der Waals surface area contributed by atoms with Crippen LogP contribution in [-0.2, 0) is 11.3 Å². The van der Waals surface area contributed by atoms with Crippen LogP contribution in [0, 0.1) is 0 Å². The number of imidazole rings is 1. The van der Waals surface area contributed by atoms with Crippen LogP contribution >= 0.6 is 0 Å². The third-order valence-corrected chi connectivity index (χ3v) is 2.79. The predicted molar refractivity (Wildman–Crippen MR) is 67.6 cm³/mol. The van der Waals surface area contributed by atoms with Crippen molar-refractivity contribution in [2.45, 2.75) is 12.6 Å². The smallest absolute Gasteiger partial charge is 0.241 e. The molecular weight excluding hydrogens is 232 g/mol. The summed E-state index contributed by atoms with van der Waals surface area (Å²) in [5.74, 6) is -0.276. The molecule has 1 unspecified atom stereocenters. The number of aliphatic hydroxyl groups is 1. The molecule has 6 nitrogen and oxygen atoms in total. The zero-order chi connectivity index (χ0) is 13.1. The number of fused-ring (bicyclic) bond motifs is 1. The predicted octanol–water partition coefficient (Wildman–Crippen LogP) is -0.159. The maximum Gasteiger partial charge on any atom is 0.241 e. The highest BCUT2D eigenvalue weighted by Crippen LogP contribution is 2.13. The van der Waals surface area contributed by atoms with E-state index in [0.29, 0.717) is 6.54 Å². The van der Waals surface area contributed by atoms with E-state index in [4.69, 9.17) is 10.8 Å². The molecule has 2 aromatic rings. The number of aliphatic hydroxyl groups excluding tert-OH is 1. The van der Waals surface area contributed by atoms with Gasteiger partial charge in [-0.25, -0.2) is 4.98 Å². The van der Waals surface area contributed by atoms with E-state index in [-0.39, 0.29) is 12.5 Å². The Balaban J connectivity index is 2.10. The van der Waals surface area contributed by atoms with Crippen LogP contribution in [0.3, 0.4) is 0 Å². The minimum Gasteiger partial charge on any atom is -0.394 e. The zero-order valence-electron chi connectivity index (χ0n) is 10.1. The van der Waals surface area contributed by atoms with Crippen LogP contribution in [0.4, 0.5) is 0 Å². The Hall–Kier alpha value is -1.92. The Morgan fingerprint density at radius 2 is 2.39 bits per heavy atom. The topological polar surface area (TPSA) is 95.2 Å². The lowest BCUT2D eigenvalue weighted by Gasteiger charge is -2.20. The number of aromatic amines is 1. The van der Waals surface area contributed by atoms with Gasteiger partial charge in [0.25, 0.3) is 0 Å². The molecule has 1 aromatic heterocycles. The minimum atomic E-state index is -0.856. The van der Waals surface area contributed by atoms with Crippen LogP contribution in [0.5, 0.6) is 0 Å². The number of hydrogen-bond donors (Lipinski definition) is 3. The Morgan fingerprint density at radius 1 is 1.61 bits per heavy atom. The number of nitrogens with one attached hydrogen (secondary N) is 1. The van der Waals surface area contributed by atoms with Crippen molar-refractivity contribution >= 4 is 16.9 Å². The Kier molecular flexibility index (Phi) is 3.59. The average molecular weight is 248 g/mol. The van der Waals surface area contributed by atoms with E-state index in [1.807, 2.05) is 18.2 Å². The van der Waals surface area contributed by atoms with Crippen molar-refractivity contribution < 1.29 is 9.90 Å². The molecule has 1 aromatic carbocycles. The summed E-state index contributed by atoms with van der Waals surface area (Å²) in [6.45, 7) is 0.101. The van der Waals surface area contributed by atoms with Crippen molar-refractivity contribution in [1.29, 1.82) is 0 Å². The molecule has 18 heavy (non-hydrogen) atoms. The van der Waals surface area contributed by atoms with E-state index >= 15 is 0 Å². The number of H-pyrrole nitrogens is 1. The van der Waals surface area contributed by atoms with Crippen LogP contribution in [0.15, 0.2) is 24.5 Å². The van der Waals surface area contributed by atoms with Gasteiger partial charge in [-0.05, 0) is 17.7 Å².